The zero-order valence-electron chi connectivity index (χ0n) is 16.8. The van der Waals surface area contributed by atoms with E-state index in [4.69, 9.17) is 4.74 Å². The molecule has 5 nitrogen and oxygen atoms in total. The average Bonchev–Trinajstić information content (AvgIpc) is 2.57. The maximum absolute atomic E-state index is 13.7. The van der Waals surface area contributed by atoms with E-state index >= 15 is 0 Å². The summed E-state index contributed by atoms with van der Waals surface area (Å²) in [6.45, 7) is 8.42. The molecule has 2 N–H and O–H groups in total. The molecule has 7 unspecified atom stereocenters. The molecule has 7 atom stereocenters. The largest absolute Gasteiger partial charge is 0.389 e. The summed E-state index contributed by atoms with van der Waals surface area (Å²) < 4.78 is 5.76. The van der Waals surface area contributed by atoms with E-state index in [0.717, 1.165) is 11.9 Å². The lowest BCUT2D eigenvalue weighted by atomic mass is 9.45. The van der Waals surface area contributed by atoms with E-state index < -0.39 is 22.5 Å². The molecular weight excluding hydrogens is 344 g/mol. The monoisotopic (exact) mass is 376 g/mol. The van der Waals surface area contributed by atoms with Gasteiger partial charge in [-0.2, -0.15) is 0 Å². The number of hydrogen-bond donors (Lipinski definition) is 2. The van der Waals surface area contributed by atoms with Crippen molar-refractivity contribution >= 4 is 12.1 Å². The van der Waals surface area contributed by atoms with Crippen LogP contribution in [0.5, 0.6) is 0 Å². The number of aldehydes is 1. The highest BCUT2D eigenvalue weighted by atomic mass is 16.5. The summed E-state index contributed by atoms with van der Waals surface area (Å²) in [5.41, 5.74) is -0.751. The molecule has 2 bridgehead atoms. The average molecular weight is 376 g/mol. The van der Waals surface area contributed by atoms with Gasteiger partial charge in [0.1, 0.15) is 12.4 Å². The zero-order chi connectivity index (χ0) is 19.8. The fraction of sp³-hybridized carbons (Fsp3) is 0.818. The van der Waals surface area contributed by atoms with Crippen LogP contribution < -0.4 is 0 Å². The summed E-state index contributed by atoms with van der Waals surface area (Å²) in [7, 11) is 0. The highest BCUT2D eigenvalue weighted by Crippen LogP contribution is 2.62. The van der Waals surface area contributed by atoms with Crippen LogP contribution >= 0.6 is 0 Å². The second-order valence-corrected chi connectivity index (χ2v) is 10.1. The highest BCUT2D eigenvalue weighted by Gasteiger charge is 2.65. The molecule has 4 aliphatic rings. The molecule has 5 heteroatoms. The molecule has 1 saturated heterocycles. The van der Waals surface area contributed by atoms with Gasteiger partial charge in [0.25, 0.3) is 0 Å². The van der Waals surface area contributed by atoms with Gasteiger partial charge in [-0.05, 0) is 50.0 Å². The molecule has 0 aromatic heterocycles. The van der Waals surface area contributed by atoms with Gasteiger partial charge in [0.2, 0.25) is 0 Å². The second kappa shape index (κ2) is 5.98. The Labute approximate surface area is 161 Å². The van der Waals surface area contributed by atoms with Crippen LogP contribution in [0.1, 0.15) is 59.8 Å². The van der Waals surface area contributed by atoms with Crippen LogP contribution in [0, 0.1) is 28.6 Å². The van der Waals surface area contributed by atoms with Crippen LogP contribution in [0.4, 0.5) is 0 Å². The van der Waals surface area contributed by atoms with E-state index in [0.29, 0.717) is 37.9 Å². The second-order valence-electron chi connectivity index (χ2n) is 10.1. The Bertz CT molecular complexity index is 709. The van der Waals surface area contributed by atoms with Crippen molar-refractivity contribution in [1.29, 1.82) is 0 Å². The first-order valence-corrected chi connectivity index (χ1v) is 10.3. The first-order chi connectivity index (χ1) is 12.6. The minimum atomic E-state index is -1.22. The standard InChI is InChI=1S/C22H32O5/c1-12-5-7-22(26)10-15-14-11-27-16(14)9-13(6-8-23)21(15,4)19(25)18(24)17(12)20(22,2)3/h8,13-16,18,24,26H,5-7,9-11H2,1-4H3. The van der Waals surface area contributed by atoms with Crippen molar-refractivity contribution in [2.75, 3.05) is 6.61 Å². The fourth-order valence-corrected chi connectivity index (χ4v) is 6.79. The maximum Gasteiger partial charge on any atom is 0.171 e. The van der Waals surface area contributed by atoms with Gasteiger partial charge in [-0.3, -0.25) is 4.79 Å². The van der Waals surface area contributed by atoms with Crippen LogP contribution in [0.15, 0.2) is 11.1 Å². The lowest BCUT2D eigenvalue weighted by molar-refractivity contribution is -0.230. The third kappa shape index (κ3) is 2.34. The first kappa shape index (κ1) is 19.3. The molecule has 150 valence electrons. The van der Waals surface area contributed by atoms with Crippen molar-refractivity contribution in [1.82, 2.24) is 0 Å². The Kier molecular flexibility index (Phi) is 4.27. The number of rotatable bonds is 2. The van der Waals surface area contributed by atoms with Crippen molar-refractivity contribution in [3.63, 3.8) is 0 Å². The lowest BCUT2D eigenvalue weighted by Crippen LogP contribution is -2.67. The number of aliphatic hydroxyl groups is 2. The lowest BCUT2D eigenvalue weighted by Gasteiger charge is -2.62. The minimum absolute atomic E-state index is 0.0597. The Balaban J connectivity index is 1.89. The predicted octanol–water partition coefficient (Wildman–Crippen LogP) is 2.43. The van der Waals surface area contributed by atoms with Crippen molar-refractivity contribution in [2.45, 2.75) is 77.6 Å². The number of carbonyl (C=O) groups is 2. The number of fused-ring (bicyclic) bond motifs is 5. The van der Waals surface area contributed by atoms with E-state index in [1.807, 2.05) is 27.7 Å². The molecule has 1 aliphatic heterocycles. The third-order valence-electron chi connectivity index (χ3n) is 8.83. The Hall–Kier alpha value is -1.04. The topological polar surface area (TPSA) is 83.8 Å². The molecule has 0 radical (unpaired) electrons. The van der Waals surface area contributed by atoms with Crippen LogP contribution in [-0.4, -0.2) is 46.7 Å². The Morgan fingerprint density at radius 3 is 2.59 bits per heavy atom. The van der Waals surface area contributed by atoms with E-state index in [1.165, 1.54) is 0 Å². The molecule has 2 saturated carbocycles. The molecule has 0 aromatic rings. The molecule has 27 heavy (non-hydrogen) atoms. The molecule has 3 fully saturated rings. The van der Waals surface area contributed by atoms with Gasteiger partial charge in [-0.15, -0.1) is 0 Å². The Morgan fingerprint density at radius 1 is 1.30 bits per heavy atom. The van der Waals surface area contributed by atoms with Gasteiger partial charge in [0.15, 0.2) is 5.78 Å². The molecule has 0 aromatic carbocycles. The van der Waals surface area contributed by atoms with Gasteiger partial charge < -0.3 is 19.7 Å². The number of ketones is 1. The van der Waals surface area contributed by atoms with Crippen molar-refractivity contribution < 1.29 is 24.5 Å². The number of hydrogen-bond acceptors (Lipinski definition) is 5. The van der Waals surface area contributed by atoms with Crippen LogP contribution in [0.3, 0.4) is 0 Å². The van der Waals surface area contributed by atoms with Gasteiger partial charge in [0.05, 0.1) is 18.3 Å². The third-order valence-corrected chi connectivity index (χ3v) is 8.83. The van der Waals surface area contributed by atoms with Crippen LogP contribution in [-0.2, 0) is 14.3 Å². The molecule has 0 amide bonds. The van der Waals surface area contributed by atoms with Gasteiger partial charge >= 0.3 is 0 Å². The summed E-state index contributed by atoms with van der Waals surface area (Å²) in [5, 5.41) is 23.0. The normalized spacial score (nSPS) is 48.7. The molecule has 1 heterocycles. The molecule has 3 aliphatic carbocycles. The quantitative estimate of drug-likeness (QED) is 0.571. The summed E-state index contributed by atoms with van der Waals surface area (Å²) in [4.78, 5) is 25.1. The molecular formula is C22H32O5. The number of carbonyl (C=O) groups excluding carboxylic acids is 2. The predicted molar refractivity (Wildman–Crippen MR) is 99.9 cm³/mol. The minimum Gasteiger partial charge on any atom is -0.389 e. The number of ether oxygens (including phenoxy) is 1. The zero-order valence-corrected chi connectivity index (χ0v) is 16.8. The maximum atomic E-state index is 13.7. The Morgan fingerprint density at radius 2 is 2.00 bits per heavy atom. The summed E-state index contributed by atoms with van der Waals surface area (Å²) in [6.07, 6.45) is 2.55. The smallest absolute Gasteiger partial charge is 0.171 e. The van der Waals surface area contributed by atoms with E-state index in [2.05, 4.69) is 0 Å². The summed E-state index contributed by atoms with van der Waals surface area (Å²) >= 11 is 0. The molecule has 4 rings (SSSR count). The van der Waals surface area contributed by atoms with Crippen molar-refractivity contribution in [3.05, 3.63) is 11.1 Å². The summed E-state index contributed by atoms with van der Waals surface area (Å²) in [6, 6.07) is 0. The number of aliphatic hydroxyl groups excluding tert-OH is 1. The highest BCUT2D eigenvalue weighted by molar-refractivity contribution is 5.92. The van der Waals surface area contributed by atoms with E-state index in [-0.39, 0.29) is 36.1 Å². The van der Waals surface area contributed by atoms with Crippen LogP contribution in [0.25, 0.3) is 0 Å². The van der Waals surface area contributed by atoms with Gasteiger partial charge in [-0.25, -0.2) is 0 Å². The van der Waals surface area contributed by atoms with Crippen molar-refractivity contribution in [3.8, 4) is 0 Å². The van der Waals surface area contributed by atoms with E-state index in [1.54, 1.807) is 0 Å². The SMILES string of the molecule is CC1=C2C(O)C(=O)C3(C)C(CC=O)CC4OCC4C3CC(O)(CC1)C2(C)C. The number of Topliss-reactive ketones (excluding diaryl/α,β-unsaturated/α-hetero) is 1. The van der Waals surface area contributed by atoms with Crippen LogP contribution in [0.2, 0.25) is 0 Å². The van der Waals surface area contributed by atoms with Gasteiger partial charge in [-0.1, -0.05) is 26.3 Å². The fourth-order valence-electron chi connectivity index (χ4n) is 6.79. The van der Waals surface area contributed by atoms with Gasteiger partial charge in [0, 0.05) is 23.2 Å². The molecule has 0 spiro atoms. The number of allylic oxidation sites excluding steroid dienone is 1. The first-order valence-electron chi connectivity index (χ1n) is 10.3. The van der Waals surface area contributed by atoms with E-state index in [9.17, 15) is 19.8 Å². The summed E-state index contributed by atoms with van der Waals surface area (Å²) in [5.74, 6) is -0.199. The van der Waals surface area contributed by atoms with Crippen molar-refractivity contribution in [2.24, 2.45) is 28.6 Å².